The number of aromatic nitrogens is 3. The van der Waals surface area contributed by atoms with Crippen LogP contribution >= 0.6 is 0 Å². The summed E-state index contributed by atoms with van der Waals surface area (Å²) in [5, 5.41) is 3.01. The minimum absolute atomic E-state index is 0.00698. The largest absolute Gasteiger partial charge is 0.337 e. The van der Waals surface area contributed by atoms with Crippen molar-refractivity contribution < 1.29 is 9.59 Å². The lowest BCUT2D eigenvalue weighted by Gasteiger charge is -2.26. The zero-order valence-electron chi connectivity index (χ0n) is 20.1. The van der Waals surface area contributed by atoms with Crippen LogP contribution in [0.25, 0.3) is 11.0 Å². The zero-order valence-corrected chi connectivity index (χ0v) is 20.1. The molecule has 3 aromatic rings. The maximum atomic E-state index is 13.0. The molecule has 0 saturated carbocycles. The number of nitrogens with zero attached hydrogens (tertiary/aromatic N) is 5. The summed E-state index contributed by atoms with van der Waals surface area (Å²) in [5.74, 6) is 0.301. The lowest BCUT2D eigenvalue weighted by Crippen LogP contribution is -2.35. The SMILES string of the molecule is Cc1cccc2nc(NC(=O)c3ccncc3)n(C3CCCCN(C(=O)C=CCN(C)C)C3)c12. The van der Waals surface area contributed by atoms with E-state index in [4.69, 9.17) is 4.98 Å². The summed E-state index contributed by atoms with van der Waals surface area (Å²) in [6.45, 7) is 4.08. The first kappa shape index (κ1) is 23.6. The maximum Gasteiger partial charge on any atom is 0.258 e. The number of carbonyl (C=O) groups excluding carboxylic acids is 2. The van der Waals surface area contributed by atoms with Crippen molar-refractivity contribution in [2.45, 2.75) is 32.2 Å². The van der Waals surface area contributed by atoms with E-state index in [1.807, 2.05) is 42.1 Å². The van der Waals surface area contributed by atoms with Crippen molar-refractivity contribution in [1.29, 1.82) is 0 Å². The standard InChI is InChI=1S/C26H32N6O2/c1-19-8-6-10-22-24(19)32(26(28-22)29-25(34)20-12-14-27-15-13-20)21-9-4-5-17-31(18-21)23(33)11-7-16-30(2)3/h6-8,10-15,21H,4-5,9,16-18H2,1-3H3,(H,28,29,34). The van der Waals surface area contributed by atoms with Gasteiger partial charge in [0.25, 0.3) is 5.91 Å². The first-order valence-corrected chi connectivity index (χ1v) is 11.7. The lowest BCUT2D eigenvalue weighted by molar-refractivity contribution is -0.126. The van der Waals surface area contributed by atoms with Gasteiger partial charge in [-0.25, -0.2) is 4.98 Å². The number of amides is 2. The average molecular weight is 461 g/mol. The van der Waals surface area contributed by atoms with Crippen molar-refractivity contribution in [2.75, 3.05) is 39.0 Å². The number of pyridine rings is 1. The van der Waals surface area contributed by atoms with Crippen LogP contribution in [-0.2, 0) is 4.79 Å². The molecule has 4 rings (SSSR count). The summed E-state index contributed by atoms with van der Waals surface area (Å²) in [6, 6.07) is 9.36. The molecular formula is C26H32N6O2. The first-order valence-electron chi connectivity index (χ1n) is 11.7. The number of aryl methyl sites for hydroxylation is 1. The van der Waals surface area contributed by atoms with E-state index in [2.05, 4.69) is 27.9 Å². The molecule has 8 heteroatoms. The van der Waals surface area contributed by atoms with Gasteiger partial charge in [-0.2, -0.15) is 0 Å². The van der Waals surface area contributed by atoms with Crippen molar-refractivity contribution in [1.82, 2.24) is 24.3 Å². The van der Waals surface area contributed by atoms with Gasteiger partial charge in [-0.3, -0.25) is 19.9 Å². The van der Waals surface area contributed by atoms with Gasteiger partial charge in [0, 0.05) is 43.7 Å². The Morgan fingerprint density at radius 2 is 1.97 bits per heavy atom. The lowest BCUT2D eigenvalue weighted by atomic mass is 10.1. The predicted octanol–water partition coefficient (Wildman–Crippen LogP) is 3.66. The number of imidazole rings is 1. The summed E-state index contributed by atoms with van der Waals surface area (Å²) in [4.78, 5) is 38.6. The monoisotopic (exact) mass is 460 g/mol. The highest BCUT2D eigenvalue weighted by Crippen LogP contribution is 2.32. The summed E-state index contributed by atoms with van der Waals surface area (Å²) in [5.41, 5.74) is 3.43. The smallest absolute Gasteiger partial charge is 0.258 e. The number of benzene rings is 1. The van der Waals surface area contributed by atoms with Crippen LogP contribution in [0.5, 0.6) is 0 Å². The molecule has 1 unspecified atom stereocenters. The molecule has 1 aromatic carbocycles. The second-order valence-corrected chi connectivity index (χ2v) is 9.04. The Morgan fingerprint density at radius 3 is 2.74 bits per heavy atom. The molecule has 2 amide bonds. The second kappa shape index (κ2) is 10.6. The molecule has 34 heavy (non-hydrogen) atoms. The summed E-state index contributed by atoms with van der Waals surface area (Å²) in [7, 11) is 3.95. The Morgan fingerprint density at radius 1 is 1.18 bits per heavy atom. The van der Waals surface area contributed by atoms with Crippen LogP contribution in [0.4, 0.5) is 5.95 Å². The van der Waals surface area contributed by atoms with E-state index in [1.165, 1.54) is 0 Å². The van der Waals surface area contributed by atoms with Crippen LogP contribution in [-0.4, -0.2) is 69.9 Å². The van der Waals surface area contributed by atoms with Gasteiger partial charge in [-0.15, -0.1) is 0 Å². The van der Waals surface area contributed by atoms with Crippen molar-refractivity contribution in [3.63, 3.8) is 0 Å². The summed E-state index contributed by atoms with van der Waals surface area (Å²) in [6.07, 6.45) is 9.63. The fourth-order valence-corrected chi connectivity index (χ4v) is 4.44. The zero-order chi connectivity index (χ0) is 24.1. The molecule has 0 spiro atoms. The Bertz CT molecular complexity index is 1180. The molecular weight excluding hydrogens is 428 g/mol. The minimum atomic E-state index is -0.232. The van der Waals surface area contributed by atoms with Gasteiger partial charge in [0.15, 0.2) is 0 Å². The van der Waals surface area contributed by atoms with Gasteiger partial charge < -0.3 is 14.4 Å². The number of para-hydroxylation sites is 1. The van der Waals surface area contributed by atoms with Crippen LogP contribution in [0.2, 0.25) is 0 Å². The highest BCUT2D eigenvalue weighted by Gasteiger charge is 2.27. The number of hydrogen-bond donors (Lipinski definition) is 1. The van der Waals surface area contributed by atoms with Crippen LogP contribution < -0.4 is 5.32 Å². The van der Waals surface area contributed by atoms with Crippen molar-refractivity contribution >= 4 is 28.8 Å². The summed E-state index contributed by atoms with van der Waals surface area (Å²) < 4.78 is 2.12. The van der Waals surface area contributed by atoms with Crippen molar-refractivity contribution in [3.05, 3.63) is 66.0 Å². The highest BCUT2D eigenvalue weighted by molar-refractivity contribution is 6.04. The van der Waals surface area contributed by atoms with Gasteiger partial charge in [0.1, 0.15) is 0 Å². The molecule has 0 bridgehead atoms. The quantitative estimate of drug-likeness (QED) is 0.568. The molecule has 1 aliphatic rings. The number of carbonyl (C=O) groups is 2. The molecule has 3 heterocycles. The first-order chi connectivity index (χ1) is 16.4. The van der Waals surface area contributed by atoms with Gasteiger partial charge in [0.05, 0.1) is 17.1 Å². The molecule has 1 saturated heterocycles. The number of anilines is 1. The maximum absolute atomic E-state index is 13.0. The molecule has 178 valence electrons. The molecule has 0 aliphatic carbocycles. The van der Waals surface area contributed by atoms with Crippen molar-refractivity contribution in [2.24, 2.45) is 0 Å². The second-order valence-electron chi connectivity index (χ2n) is 9.04. The third-order valence-corrected chi connectivity index (χ3v) is 6.13. The van der Waals surface area contributed by atoms with E-state index >= 15 is 0 Å². The van der Waals surface area contributed by atoms with E-state index in [-0.39, 0.29) is 17.9 Å². The molecule has 1 fully saturated rings. The van der Waals surface area contributed by atoms with Crippen LogP contribution in [0.15, 0.2) is 54.9 Å². The predicted molar refractivity (Wildman–Crippen MR) is 134 cm³/mol. The molecule has 2 aromatic heterocycles. The fourth-order valence-electron chi connectivity index (χ4n) is 4.44. The van der Waals surface area contributed by atoms with Gasteiger partial charge in [0.2, 0.25) is 11.9 Å². The Labute approximate surface area is 200 Å². The third kappa shape index (κ3) is 5.34. The molecule has 8 nitrogen and oxygen atoms in total. The topological polar surface area (TPSA) is 83.4 Å². The van der Waals surface area contributed by atoms with Crippen molar-refractivity contribution in [3.8, 4) is 0 Å². The number of nitrogens with one attached hydrogen (secondary N) is 1. The van der Waals surface area contributed by atoms with Gasteiger partial charge >= 0.3 is 0 Å². The molecule has 1 atom stereocenters. The Balaban J connectivity index is 1.67. The van der Waals surface area contributed by atoms with Gasteiger partial charge in [-0.05, 0) is 64.0 Å². The minimum Gasteiger partial charge on any atom is -0.337 e. The van der Waals surface area contributed by atoms with Gasteiger partial charge in [-0.1, -0.05) is 18.2 Å². The number of likely N-dealkylation sites (tertiary alicyclic amines) is 1. The molecule has 0 radical (unpaired) electrons. The third-order valence-electron chi connectivity index (χ3n) is 6.13. The van der Waals surface area contributed by atoms with Crippen LogP contribution in [0, 0.1) is 6.92 Å². The number of likely N-dealkylation sites (N-methyl/N-ethyl adjacent to an activating group) is 1. The average Bonchev–Trinajstić information content (AvgIpc) is 3.01. The highest BCUT2D eigenvalue weighted by atomic mass is 16.2. The molecule has 1 aliphatic heterocycles. The summed E-state index contributed by atoms with van der Waals surface area (Å²) >= 11 is 0. The van der Waals surface area contributed by atoms with E-state index < -0.39 is 0 Å². The van der Waals surface area contributed by atoms with E-state index in [9.17, 15) is 9.59 Å². The van der Waals surface area contributed by atoms with E-state index in [1.54, 1.807) is 30.6 Å². The Kier molecular flexibility index (Phi) is 7.37. The van der Waals surface area contributed by atoms with E-state index in [0.717, 1.165) is 48.9 Å². The van der Waals surface area contributed by atoms with E-state index in [0.29, 0.717) is 18.1 Å². The van der Waals surface area contributed by atoms with Crippen LogP contribution in [0.3, 0.4) is 0 Å². The Hall–Kier alpha value is -3.52. The molecule has 1 N–H and O–H groups in total. The fraction of sp³-hybridized carbons (Fsp3) is 0.385. The number of rotatable bonds is 6. The van der Waals surface area contributed by atoms with Crippen LogP contribution in [0.1, 0.15) is 41.2 Å². The normalized spacial score (nSPS) is 16.8. The number of hydrogen-bond acceptors (Lipinski definition) is 5. The number of fused-ring (bicyclic) bond motifs is 1.